The fourth-order valence-electron chi connectivity index (χ4n) is 3.58. The molecule has 7 heteroatoms. The molecule has 2 heterocycles. The van der Waals surface area contributed by atoms with Gasteiger partial charge in [-0.25, -0.2) is 4.98 Å². The first-order chi connectivity index (χ1) is 12.8. The molecule has 1 atom stereocenters. The number of halogens is 3. The zero-order valence-electron chi connectivity index (χ0n) is 14.8. The van der Waals surface area contributed by atoms with Gasteiger partial charge in [-0.1, -0.05) is 12.1 Å². The summed E-state index contributed by atoms with van der Waals surface area (Å²) in [7, 11) is -1.06. The van der Waals surface area contributed by atoms with E-state index in [2.05, 4.69) is 4.98 Å². The van der Waals surface area contributed by atoms with Crippen LogP contribution in [-0.4, -0.2) is 20.0 Å². The summed E-state index contributed by atoms with van der Waals surface area (Å²) in [4.78, 5) is 5.40. The third-order valence-corrected chi connectivity index (χ3v) is 5.77. The molecule has 1 aromatic heterocycles. The number of hydrogen-bond acceptors (Lipinski definition) is 2. The van der Waals surface area contributed by atoms with Crippen LogP contribution in [0.15, 0.2) is 47.4 Å². The summed E-state index contributed by atoms with van der Waals surface area (Å²) in [6, 6.07) is 10.9. The molecule has 2 aromatic carbocycles. The van der Waals surface area contributed by atoms with E-state index in [9.17, 15) is 17.4 Å². The maximum atomic E-state index is 12.9. The summed E-state index contributed by atoms with van der Waals surface area (Å²) in [5.74, 6) is 0.889. The van der Waals surface area contributed by atoms with Gasteiger partial charge in [0.05, 0.1) is 22.6 Å². The van der Waals surface area contributed by atoms with Crippen LogP contribution in [0.3, 0.4) is 0 Å². The Morgan fingerprint density at radius 1 is 1.07 bits per heavy atom. The Bertz CT molecular complexity index is 1050. The van der Waals surface area contributed by atoms with Gasteiger partial charge in [-0.3, -0.25) is 8.78 Å². The number of imidazole rings is 1. The fraction of sp³-hybridized carbons (Fsp3) is 0.250. The average molecular weight is 390 g/mol. The van der Waals surface area contributed by atoms with E-state index >= 15 is 0 Å². The first-order valence-electron chi connectivity index (χ1n) is 8.48. The fourth-order valence-corrected chi connectivity index (χ4v) is 4.14. The third kappa shape index (κ3) is 3.10. The van der Waals surface area contributed by atoms with Crippen LogP contribution >= 0.6 is 0 Å². The minimum atomic E-state index is -4.36. The highest BCUT2D eigenvalue weighted by Crippen LogP contribution is 2.36. The SMILES string of the molecule is Cc1nc2n(c1-c1ccc(C(F)(F)F)cc1)-c1ccc(S(C)=O)cc1CC2. The van der Waals surface area contributed by atoms with Gasteiger partial charge in [0.25, 0.3) is 0 Å². The van der Waals surface area contributed by atoms with E-state index in [4.69, 9.17) is 0 Å². The highest BCUT2D eigenvalue weighted by molar-refractivity contribution is 7.84. The second-order valence-electron chi connectivity index (χ2n) is 6.62. The van der Waals surface area contributed by atoms with Crippen LogP contribution in [0.1, 0.15) is 22.6 Å². The van der Waals surface area contributed by atoms with Crippen molar-refractivity contribution in [2.75, 3.05) is 6.26 Å². The molecule has 0 saturated heterocycles. The molecule has 0 fully saturated rings. The predicted molar refractivity (Wildman–Crippen MR) is 98.5 cm³/mol. The van der Waals surface area contributed by atoms with Crippen molar-refractivity contribution in [2.24, 2.45) is 0 Å². The number of benzene rings is 2. The minimum absolute atomic E-state index is 0.669. The molecule has 1 aliphatic heterocycles. The van der Waals surface area contributed by atoms with Gasteiger partial charge >= 0.3 is 6.18 Å². The van der Waals surface area contributed by atoms with Crippen molar-refractivity contribution in [3.05, 3.63) is 65.1 Å². The van der Waals surface area contributed by atoms with Crippen LogP contribution in [0.5, 0.6) is 0 Å². The normalized spacial score (nSPS) is 14.6. The highest BCUT2D eigenvalue weighted by atomic mass is 32.2. The number of hydrogen-bond donors (Lipinski definition) is 0. The van der Waals surface area contributed by atoms with Crippen LogP contribution in [0.25, 0.3) is 16.9 Å². The molecular formula is C20H17F3N2OS. The van der Waals surface area contributed by atoms with Gasteiger partial charge in [0, 0.05) is 33.9 Å². The first kappa shape index (κ1) is 18.0. The zero-order chi connectivity index (χ0) is 19.3. The summed E-state index contributed by atoms with van der Waals surface area (Å²) < 4.78 is 52.4. The van der Waals surface area contributed by atoms with Crippen molar-refractivity contribution in [3.63, 3.8) is 0 Å². The van der Waals surface area contributed by atoms with E-state index < -0.39 is 22.5 Å². The lowest BCUT2D eigenvalue weighted by molar-refractivity contribution is -0.137. The van der Waals surface area contributed by atoms with Gasteiger partial charge in [-0.05, 0) is 49.2 Å². The quantitative estimate of drug-likeness (QED) is 0.636. The Morgan fingerprint density at radius 3 is 2.41 bits per heavy atom. The van der Waals surface area contributed by atoms with Crippen LogP contribution in [0, 0.1) is 6.92 Å². The molecule has 1 aliphatic rings. The van der Waals surface area contributed by atoms with Crippen molar-refractivity contribution in [1.29, 1.82) is 0 Å². The van der Waals surface area contributed by atoms with Gasteiger partial charge in [-0.2, -0.15) is 13.2 Å². The van der Waals surface area contributed by atoms with E-state index in [1.807, 2.05) is 29.7 Å². The van der Waals surface area contributed by atoms with Gasteiger partial charge < -0.3 is 0 Å². The smallest absolute Gasteiger partial charge is 0.296 e. The number of alkyl halides is 3. The third-order valence-electron chi connectivity index (χ3n) is 4.85. The Morgan fingerprint density at radius 2 is 1.78 bits per heavy atom. The number of aryl methyl sites for hydroxylation is 3. The Hall–Kier alpha value is -2.41. The Balaban J connectivity index is 1.86. The van der Waals surface area contributed by atoms with Crippen LogP contribution in [0.2, 0.25) is 0 Å². The molecular weight excluding hydrogens is 373 g/mol. The molecule has 27 heavy (non-hydrogen) atoms. The molecule has 0 spiro atoms. The molecule has 140 valence electrons. The monoisotopic (exact) mass is 390 g/mol. The molecule has 0 radical (unpaired) electrons. The molecule has 0 amide bonds. The number of rotatable bonds is 2. The molecule has 1 unspecified atom stereocenters. The van der Waals surface area contributed by atoms with Crippen molar-refractivity contribution < 1.29 is 17.4 Å². The zero-order valence-corrected chi connectivity index (χ0v) is 15.6. The van der Waals surface area contributed by atoms with E-state index in [1.54, 1.807) is 6.26 Å². The van der Waals surface area contributed by atoms with Crippen molar-refractivity contribution in [1.82, 2.24) is 9.55 Å². The van der Waals surface area contributed by atoms with Crippen LogP contribution in [-0.2, 0) is 29.8 Å². The molecule has 3 nitrogen and oxygen atoms in total. The summed E-state index contributed by atoms with van der Waals surface area (Å²) >= 11 is 0. The lowest BCUT2D eigenvalue weighted by Crippen LogP contribution is -2.14. The summed E-state index contributed by atoms with van der Waals surface area (Å²) in [5, 5.41) is 0. The van der Waals surface area contributed by atoms with E-state index in [0.717, 1.165) is 58.3 Å². The minimum Gasteiger partial charge on any atom is -0.296 e. The molecule has 4 rings (SSSR count). The van der Waals surface area contributed by atoms with E-state index in [-0.39, 0.29) is 0 Å². The number of nitrogens with zero attached hydrogens (tertiary/aromatic N) is 2. The van der Waals surface area contributed by atoms with Gasteiger partial charge in [0.15, 0.2) is 0 Å². The largest absolute Gasteiger partial charge is 0.416 e. The Labute approximate surface area is 157 Å². The lowest BCUT2D eigenvalue weighted by atomic mass is 10.0. The summed E-state index contributed by atoms with van der Waals surface area (Å²) in [5.41, 5.74) is 3.61. The van der Waals surface area contributed by atoms with Gasteiger partial charge in [0.1, 0.15) is 5.82 Å². The predicted octanol–water partition coefficient (Wildman–Crippen LogP) is 4.70. The maximum absolute atomic E-state index is 12.9. The Kier molecular flexibility index (Phi) is 4.22. The van der Waals surface area contributed by atoms with Crippen molar-refractivity contribution in [3.8, 4) is 16.9 Å². The van der Waals surface area contributed by atoms with Crippen LogP contribution < -0.4 is 0 Å². The summed E-state index contributed by atoms with van der Waals surface area (Å²) in [6.07, 6.45) is -1.19. The summed E-state index contributed by atoms with van der Waals surface area (Å²) in [6.45, 7) is 1.87. The molecule has 0 bridgehead atoms. The molecule has 0 saturated carbocycles. The average Bonchev–Trinajstić information content (AvgIpc) is 2.96. The highest BCUT2D eigenvalue weighted by Gasteiger charge is 2.30. The van der Waals surface area contributed by atoms with Gasteiger partial charge in [0.2, 0.25) is 0 Å². The van der Waals surface area contributed by atoms with Crippen molar-refractivity contribution >= 4 is 10.8 Å². The lowest BCUT2D eigenvalue weighted by Gasteiger charge is -2.21. The number of aromatic nitrogens is 2. The second kappa shape index (κ2) is 6.34. The second-order valence-corrected chi connectivity index (χ2v) is 8.00. The van der Waals surface area contributed by atoms with Gasteiger partial charge in [-0.15, -0.1) is 0 Å². The molecule has 0 N–H and O–H groups in total. The first-order valence-corrected chi connectivity index (χ1v) is 10.0. The standard InChI is InChI=1S/C20H17F3N2OS/c1-12-19(13-3-6-15(7-4-13)20(21,22)23)25-17-9-8-16(27(2)26)11-14(17)5-10-18(25)24-12/h3-4,6-9,11H,5,10H2,1-2H3. The topological polar surface area (TPSA) is 34.9 Å². The molecule has 0 aliphatic carbocycles. The van der Waals surface area contributed by atoms with Crippen molar-refractivity contribution in [2.45, 2.75) is 30.8 Å². The maximum Gasteiger partial charge on any atom is 0.416 e. The molecule has 3 aromatic rings. The van der Waals surface area contributed by atoms with E-state index in [0.29, 0.717) is 5.56 Å². The van der Waals surface area contributed by atoms with E-state index in [1.165, 1.54) is 12.1 Å². The number of fused-ring (bicyclic) bond motifs is 3. The van der Waals surface area contributed by atoms with Crippen LogP contribution in [0.4, 0.5) is 13.2 Å².